The molecule has 0 fully saturated rings. The van der Waals surface area contributed by atoms with Gasteiger partial charge in [-0.2, -0.15) is 0 Å². The second-order valence-electron chi connectivity index (χ2n) is 2.58. The third kappa shape index (κ3) is 2.73. The highest BCUT2D eigenvalue weighted by molar-refractivity contribution is 9.09. The van der Waals surface area contributed by atoms with Crippen molar-refractivity contribution in [3.63, 3.8) is 0 Å². The van der Waals surface area contributed by atoms with Gasteiger partial charge in [-0.25, -0.2) is 0 Å². The fourth-order valence-electron chi connectivity index (χ4n) is 0.993. The summed E-state index contributed by atoms with van der Waals surface area (Å²) in [6.45, 7) is 3.18. The van der Waals surface area contributed by atoms with E-state index in [2.05, 4.69) is 26.3 Å². The van der Waals surface area contributed by atoms with Crippen LogP contribution in [0, 0.1) is 0 Å². The maximum absolute atomic E-state index is 10.6. The number of hydrogen-bond donors (Lipinski definition) is 1. The first-order valence-electron chi connectivity index (χ1n) is 3.74. The monoisotopic (exact) mass is 233 g/mol. The Labute approximate surface area is 80.3 Å². The number of hydrogen-bond acceptors (Lipinski definition) is 3. The Balaban J connectivity index is 2.27. The molecule has 12 heavy (non-hydrogen) atoms. The summed E-state index contributed by atoms with van der Waals surface area (Å²) in [6.07, 6.45) is 3.81. The Morgan fingerprint density at radius 3 is 3.00 bits per heavy atom. The van der Waals surface area contributed by atoms with Crippen LogP contribution in [0.15, 0.2) is 12.4 Å². The van der Waals surface area contributed by atoms with E-state index in [-0.39, 0.29) is 5.91 Å². The van der Waals surface area contributed by atoms with Crippen molar-refractivity contribution in [2.45, 2.75) is 6.92 Å². The summed E-state index contributed by atoms with van der Waals surface area (Å²) < 4.78 is 0. The minimum Gasteiger partial charge on any atom is -0.356 e. The van der Waals surface area contributed by atoms with E-state index < -0.39 is 0 Å². The Kier molecular flexibility index (Phi) is 3.40. The largest absolute Gasteiger partial charge is 0.356 e. The van der Waals surface area contributed by atoms with Gasteiger partial charge in [-0.05, 0) is 0 Å². The van der Waals surface area contributed by atoms with Crippen molar-refractivity contribution in [1.29, 1.82) is 0 Å². The molecule has 0 aromatic carbocycles. The molecule has 0 radical (unpaired) electrons. The summed E-state index contributed by atoms with van der Waals surface area (Å²) in [5, 5.41) is 2.69. The Morgan fingerprint density at radius 2 is 2.42 bits per heavy atom. The SMILES string of the molecule is CC(=O)NN1C=CN(CCBr)C1. The lowest BCUT2D eigenvalue weighted by molar-refractivity contribution is -0.122. The maximum Gasteiger partial charge on any atom is 0.235 e. The second kappa shape index (κ2) is 4.35. The van der Waals surface area contributed by atoms with E-state index in [0.717, 1.165) is 18.5 Å². The lowest BCUT2D eigenvalue weighted by atomic mass is 10.6. The van der Waals surface area contributed by atoms with Crippen LogP contribution in [0.4, 0.5) is 0 Å². The number of carbonyl (C=O) groups is 1. The molecular weight excluding hydrogens is 222 g/mol. The predicted octanol–water partition coefficient (Wildman–Crippen LogP) is 0.479. The van der Waals surface area contributed by atoms with Crippen LogP contribution in [-0.4, -0.2) is 34.4 Å². The van der Waals surface area contributed by atoms with Crippen molar-refractivity contribution in [2.24, 2.45) is 0 Å². The molecule has 0 atom stereocenters. The molecule has 1 rings (SSSR count). The van der Waals surface area contributed by atoms with Gasteiger partial charge in [0.15, 0.2) is 0 Å². The van der Waals surface area contributed by atoms with Crippen molar-refractivity contribution >= 4 is 21.8 Å². The summed E-state index contributed by atoms with van der Waals surface area (Å²) in [6, 6.07) is 0. The van der Waals surface area contributed by atoms with Gasteiger partial charge >= 0.3 is 0 Å². The smallest absolute Gasteiger partial charge is 0.235 e. The molecule has 4 nitrogen and oxygen atoms in total. The van der Waals surface area contributed by atoms with Crippen molar-refractivity contribution in [3.8, 4) is 0 Å². The molecule has 1 aliphatic rings. The number of carbonyl (C=O) groups excluding carboxylic acids is 1. The molecule has 1 heterocycles. The molecule has 0 spiro atoms. The van der Waals surface area contributed by atoms with E-state index in [9.17, 15) is 4.79 Å². The number of rotatable bonds is 3. The molecule has 1 amide bonds. The molecule has 0 saturated heterocycles. The standard InChI is InChI=1S/C7H12BrN3O/c1-7(12)9-11-5-4-10(6-11)3-2-8/h4-5H,2-3,6H2,1H3,(H,9,12). The lowest BCUT2D eigenvalue weighted by Gasteiger charge is -2.20. The van der Waals surface area contributed by atoms with E-state index in [0.29, 0.717) is 0 Å². The Morgan fingerprint density at radius 1 is 1.67 bits per heavy atom. The van der Waals surface area contributed by atoms with Gasteiger partial charge in [-0.15, -0.1) is 0 Å². The van der Waals surface area contributed by atoms with Gasteiger partial charge in [0.1, 0.15) is 6.67 Å². The quantitative estimate of drug-likeness (QED) is 0.721. The molecule has 1 aliphatic heterocycles. The van der Waals surface area contributed by atoms with E-state index in [1.807, 2.05) is 12.4 Å². The predicted molar refractivity (Wildman–Crippen MR) is 50.2 cm³/mol. The summed E-state index contributed by atoms with van der Waals surface area (Å²) in [7, 11) is 0. The van der Waals surface area contributed by atoms with Crippen LogP contribution in [-0.2, 0) is 4.79 Å². The average molecular weight is 234 g/mol. The number of nitrogens with zero attached hydrogens (tertiary/aromatic N) is 2. The van der Waals surface area contributed by atoms with Crippen LogP contribution in [0.25, 0.3) is 0 Å². The number of nitrogens with one attached hydrogen (secondary N) is 1. The minimum atomic E-state index is -0.0413. The summed E-state index contributed by atoms with van der Waals surface area (Å²) in [4.78, 5) is 12.8. The third-order valence-electron chi connectivity index (χ3n) is 1.46. The molecular formula is C7H12BrN3O. The Bertz CT molecular complexity index is 195. The molecule has 1 N–H and O–H groups in total. The second-order valence-corrected chi connectivity index (χ2v) is 3.37. The maximum atomic E-state index is 10.6. The third-order valence-corrected chi connectivity index (χ3v) is 1.82. The minimum absolute atomic E-state index is 0.0413. The first-order chi connectivity index (χ1) is 5.72. The molecule has 0 aromatic rings. The lowest BCUT2D eigenvalue weighted by Crippen LogP contribution is -2.39. The molecule has 0 saturated carbocycles. The molecule has 0 unspecified atom stereocenters. The van der Waals surface area contributed by atoms with Crippen molar-refractivity contribution in [3.05, 3.63) is 12.4 Å². The highest BCUT2D eigenvalue weighted by Gasteiger charge is 2.11. The summed E-state index contributed by atoms with van der Waals surface area (Å²) >= 11 is 3.35. The van der Waals surface area contributed by atoms with Gasteiger partial charge in [0.25, 0.3) is 0 Å². The van der Waals surface area contributed by atoms with Gasteiger partial charge in [0.05, 0.1) is 0 Å². The normalized spacial score (nSPS) is 15.5. The van der Waals surface area contributed by atoms with Crippen LogP contribution < -0.4 is 5.43 Å². The van der Waals surface area contributed by atoms with Crippen LogP contribution >= 0.6 is 15.9 Å². The topological polar surface area (TPSA) is 35.6 Å². The Hall–Kier alpha value is -0.710. The summed E-state index contributed by atoms with van der Waals surface area (Å²) in [5.41, 5.74) is 2.68. The van der Waals surface area contributed by atoms with E-state index in [1.54, 1.807) is 5.01 Å². The van der Waals surface area contributed by atoms with Crippen molar-refractivity contribution < 1.29 is 4.79 Å². The van der Waals surface area contributed by atoms with Gasteiger partial charge in [-0.1, -0.05) is 15.9 Å². The zero-order valence-corrected chi connectivity index (χ0v) is 8.54. The van der Waals surface area contributed by atoms with Crippen LogP contribution in [0.3, 0.4) is 0 Å². The van der Waals surface area contributed by atoms with E-state index in [1.165, 1.54) is 6.92 Å². The molecule has 68 valence electrons. The van der Waals surface area contributed by atoms with Crippen LogP contribution in [0.2, 0.25) is 0 Å². The highest BCUT2D eigenvalue weighted by atomic mass is 79.9. The zero-order valence-electron chi connectivity index (χ0n) is 6.96. The summed E-state index contributed by atoms with van der Waals surface area (Å²) in [5.74, 6) is -0.0413. The number of hydrazine groups is 1. The molecule has 5 heteroatoms. The van der Waals surface area contributed by atoms with Gasteiger partial charge in [0.2, 0.25) is 5.91 Å². The molecule has 0 aromatic heterocycles. The van der Waals surface area contributed by atoms with E-state index in [4.69, 9.17) is 0 Å². The van der Waals surface area contributed by atoms with Gasteiger partial charge in [0, 0.05) is 31.2 Å². The fraction of sp³-hybridized carbons (Fsp3) is 0.571. The molecule has 0 aliphatic carbocycles. The van der Waals surface area contributed by atoms with Gasteiger partial charge in [-0.3, -0.25) is 15.2 Å². The van der Waals surface area contributed by atoms with Crippen molar-refractivity contribution in [1.82, 2.24) is 15.3 Å². The number of alkyl halides is 1. The number of halogens is 1. The van der Waals surface area contributed by atoms with Crippen LogP contribution in [0.1, 0.15) is 6.92 Å². The first kappa shape index (κ1) is 9.38. The first-order valence-corrected chi connectivity index (χ1v) is 4.86. The van der Waals surface area contributed by atoms with Crippen molar-refractivity contribution in [2.75, 3.05) is 18.5 Å². The zero-order chi connectivity index (χ0) is 8.97. The highest BCUT2D eigenvalue weighted by Crippen LogP contribution is 2.03. The van der Waals surface area contributed by atoms with Crippen LogP contribution in [0.5, 0.6) is 0 Å². The average Bonchev–Trinajstić information content (AvgIpc) is 2.36. The molecule has 0 bridgehead atoms. The fourth-order valence-corrected chi connectivity index (χ4v) is 1.45. The van der Waals surface area contributed by atoms with E-state index >= 15 is 0 Å². The number of amides is 1. The van der Waals surface area contributed by atoms with Gasteiger partial charge < -0.3 is 4.90 Å².